The van der Waals surface area contributed by atoms with Gasteiger partial charge in [0.15, 0.2) is 0 Å². The van der Waals surface area contributed by atoms with Crippen molar-refractivity contribution in [3.8, 4) is 0 Å². The van der Waals surface area contributed by atoms with E-state index in [1.54, 1.807) is 0 Å². The van der Waals surface area contributed by atoms with Crippen molar-refractivity contribution in [1.82, 2.24) is 0 Å². The Kier molecular flexibility index (Phi) is 7.15. The molecule has 0 heterocycles. The van der Waals surface area contributed by atoms with Crippen LogP contribution in [0.4, 0.5) is 52.7 Å². The maximum absolute atomic E-state index is 12.1. The lowest BCUT2D eigenvalue weighted by molar-refractivity contribution is -0.299. The first kappa shape index (κ1) is 26.0. The van der Waals surface area contributed by atoms with E-state index >= 15 is 0 Å². The number of hydrogen-bond donors (Lipinski definition) is 0. The second kappa shape index (κ2) is 7.43. The summed E-state index contributed by atoms with van der Waals surface area (Å²) in [5.41, 5.74) is 0. The molecule has 0 amide bonds. The van der Waals surface area contributed by atoms with E-state index in [2.05, 4.69) is 8.37 Å². The first-order valence-electron chi connectivity index (χ1n) is 5.47. The van der Waals surface area contributed by atoms with Gasteiger partial charge in [0.1, 0.15) is 0 Å². The van der Waals surface area contributed by atoms with E-state index in [1.165, 1.54) is 0 Å². The highest BCUT2D eigenvalue weighted by molar-refractivity contribution is 8.03. The van der Waals surface area contributed by atoms with Crippen LogP contribution in [0, 0.1) is 0 Å². The van der Waals surface area contributed by atoms with Gasteiger partial charge in [0.05, 0.1) is 0 Å². The van der Waals surface area contributed by atoms with Crippen molar-refractivity contribution in [2.45, 2.75) is 36.9 Å². The third-order valence-electron chi connectivity index (χ3n) is 1.96. The van der Waals surface area contributed by atoms with Crippen molar-refractivity contribution in [3.63, 3.8) is 0 Å². The number of halogens is 12. The average Bonchev–Trinajstić information content (AvgIpc) is 2.26. The van der Waals surface area contributed by atoms with Gasteiger partial charge in [-0.3, -0.25) is 0 Å². The Morgan fingerprint density at radius 1 is 0.519 bits per heavy atom. The maximum Gasteiger partial charge on any atom is 0.425 e. The van der Waals surface area contributed by atoms with Crippen molar-refractivity contribution in [2.75, 3.05) is 5.08 Å². The monoisotopic (exact) mass is 476 g/mol. The van der Waals surface area contributed by atoms with Crippen molar-refractivity contribution in [3.05, 3.63) is 0 Å². The highest BCUT2D eigenvalue weighted by Gasteiger charge is 2.62. The molecular weight excluding hydrogens is 472 g/mol. The van der Waals surface area contributed by atoms with Gasteiger partial charge < -0.3 is 0 Å². The molecule has 0 aromatic rings. The molecule has 0 fully saturated rings. The molecule has 0 saturated carbocycles. The summed E-state index contributed by atoms with van der Waals surface area (Å²) in [4.78, 5) is 0. The molecule has 6 nitrogen and oxygen atoms in total. The molecule has 0 N–H and O–H groups in total. The van der Waals surface area contributed by atoms with E-state index in [9.17, 15) is 69.5 Å². The fourth-order valence-electron chi connectivity index (χ4n) is 1.11. The lowest BCUT2D eigenvalue weighted by Gasteiger charge is -2.24. The van der Waals surface area contributed by atoms with E-state index in [0.29, 0.717) is 0 Å². The van der Waals surface area contributed by atoms with E-state index in [4.69, 9.17) is 0 Å². The van der Waals surface area contributed by atoms with E-state index in [1.807, 2.05) is 0 Å². The van der Waals surface area contributed by atoms with Crippen LogP contribution in [0.2, 0.25) is 0 Å². The van der Waals surface area contributed by atoms with Crippen molar-refractivity contribution in [1.29, 1.82) is 0 Å². The highest BCUT2D eigenvalue weighted by Crippen LogP contribution is 2.38. The minimum absolute atomic E-state index is 2.56. The normalized spacial score (nSPS) is 15.6. The lowest BCUT2D eigenvalue weighted by Crippen LogP contribution is -2.48. The molecule has 0 aromatic carbocycles. The van der Waals surface area contributed by atoms with Gasteiger partial charge in [-0.15, -0.1) is 0 Å². The summed E-state index contributed by atoms with van der Waals surface area (Å²) in [6, 6.07) is 0. The molecule has 0 aromatic heterocycles. The maximum atomic E-state index is 12.1. The third-order valence-corrected chi connectivity index (χ3v) is 5.24. The molecule has 27 heavy (non-hydrogen) atoms. The van der Waals surface area contributed by atoms with Gasteiger partial charge in [-0.2, -0.15) is 69.5 Å². The van der Waals surface area contributed by atoms with Gasteiger partial charge in [0.2, 0.25) is 5.08 Å². The highest BCUT2D eigenvalue weighted by atomic mass is 32.3. The van der Waals surface area contributed by atoms with E-state index < -0.39 is 62.2 Å². The van der Waals surface area contributed by atoms with Crippen LogP contribution in [-0.2, 0) is 28.6 Å². The Labute approximate surface area is 141 Å². The predicted octanol–water partition coefficient (Wildman–Crippen LogP) is 2.62. The van der Waals surface area contributed by atoms with Gasteiger partial charge in [-0.1, -0.05) is 0 Å². The summed E-state index contributed by atoms with van der Waals surface area (Å²) >= 11 is 0. The number of hydrogen-bond acceptors (Lipinski definition) is 6. The van der Waals surface area contributed by atoms with Crippen LogP contribution in [0.3, 0.4) is 0 Å². The molecule has 0 radical (unpaired) electrons. The Hall–Kier alpha value is -1.02. The first-order chi connectivity index (χ1) is 11.4. The Morgan fingerprint density at radius 2 is 0.704 bits per heavy atom. The summed E-state index contributed by atoms with van der Waals surface area (Å²) < 4.78 is 194. The summed E-state index contributed by atoms with van der Waals surface area (Å²) in [5.74, 6) is 0. The SMILES string of the molecule is O=S(=O)(CS(=O)(=O)OC(C(F)(F)F)C(F)(F)F)OC(C(F)(F)F)C(F)(F)F. The molecule has 0 rings (SSSR count). The standard InChI is InChI=1S/C7H4F12O6S2/c8-4(9,10)2(5(11,12)13)24-26(20,21)1-27(22,23)25-3(6(14,15)16)7(17,18)19/h2-3H,1H2. The fourth-order valence-corrected chi connectivity index (χ4v) is 4.00. The van der Waals surface area contributed by atoms with Gasteiger partial charge in [-0.25, -0.2) is 8.37 Å². The smallest absolute Gasteiger partial charge is 0.246 e. The molecule has 0 unspecified atom stereocenters. The van der Waals surface area contributed by atoms with Crippen molar-refractivity contribution < 1.29 is 77.9 Å². The van der Waals surface area contributed by atoms with Gasteiger partial charge in [0.25, 0.3) is 32.4 Å². The van der Waals surface area contributed by atoms with Crippen LogP contribution in [0.5, 0.6) is 0 Å². The van der Waals surface area contributed by atoms with E-state index in [-0.39, 0.29) is 0 Å². The molecule has 0 saturated heterocycles. The molecule has 20 heteroatoms. The molecule has 0 bridgehead atoms. The molecule has 0 aliphatic rings. The van der Waals surface area contributed by atoms with Crippen LogP contribution in [0.1, 0.15) is 0 Å². The van der Waals surface area contributed by atoms with Gasteiger partial charge in [0, 0.05) is 0 Å². The minimum Gasteiger partial charge on any atom is -0.246 e. The fraction of sp³-hybridized carbons (Fsp3) is 1.00. The Morgan fingerprint density at radius 3 is 0.852 bits per heavy atom. The van der Waals surface area contributed by atoms with Crippen LogP contribution in [0.25, 0.3) is 0 Å². The van der Waals surface area contributed by atoms with Gasteiger partial charge in [-0.05, 0) is 0 Å². The van der Waals surface area contributed by atoms with Crippen molar-refractivity contribution in [2.24, 2.45) is 0 Å². The molecule has 164 valence electrons. The molecule has 0 aliphatic heterocycles. The quantitative estimate of drug-likeness (QED) is 0.433. The Balaban J connectivity index is 5.66. The zero-order chi connectivity index (χ0) is 22.3. The van der Waals surface area contributed by atoms with Crippen LogP contribution in [0.15, 0.2) is 0 Å². The summed E-state index contributed by atoms with van der Waals surface area (Å²) in [6.45, 7) is 0. The second-order valence-electron chi connectivity index (χ2n) is 4.35. The third kappa shape index (κ3) is 8.68. The van der Waals surface area contributed by atoms with Crippen LogP contribution >= 0.6 is 0 Å². The average molecular weight is 476 g/mol. The second-order valence-corrected chi connectivity index (χ2v) is 7.91. The number of alkyl halides is 12. The van der Waals surface area contributed by atoms with Crippen molar-refractivity contribution >= 4 is 20.2 Å². The van der Waals surface area contributed by atoms with Crippen LogP contribution in [-0.4, -0.2) is 58.8 Å². The first-order valence-corrected chi connectivity index (χ1v) is 8.63. The zero-order valence-corrected chi connectivity index (χ0v) is 13.3. The van der Waals surface area contributed by atoms with Gasteiger partial charge >= 0.3 is 24.7 Å². The molecular formula is C7H4F12O6S2. The molecule has 0 aliphatic carbocycles. The number of rotatable bonds is 6. The van der Waals surface area contributed by atoms with E-state index in [0.717, 1.165) is 0 Å². The summed E-state index contributed by atoms with van der Waals surface area (Å²) in [5, 5.41) is -3.20. The molecule has 0 spiro atoms. The topological polar surface area (TPSA) is 86.7 Å². The lowest BCUT2D eigenvalue weighted by atomic mass is 10.3. The minimum atomic E-state index is -6.53. The Bertz CT molecular complexity index is 621. The largest absolute Gasteiger partial charge is 0.425 e. The predicted molar refractivity (Wildman–Crippen MR) is 56.7 cm³/mol. The van der Waals surface area contributed by atoms with Crippen LogP contribution < -0.4 is 0 Å². The molecule has 0 atom stereocenters. The zero-order valence-electron chi connectivity index (χ0n) is 11.7. The summed E-state index contributed by atoms with van der Waals surface area (Å²) in [7, 11) is -13.1. The summed E-state index contributed by atoms with van der Waals surface area (Å²) in [6.07, 6.45) is -36.2.